The first-order valence-corrected chi connectivity index (χ1v) is 8.20. The molecule has 1 heterocycles. The molecule has 0 bridgehead atoms. The van der Waals surface area contributed by atoms with Gasteiger partial charge in [0.2, 0.25) is 0 Å². The van der Waals surface area contributed by atoms with Crippen molar-refractivity contribution in [1.82, 2.24) is 9.97 Å². The number of aromatic hydroxyl groups is 1. The van der Waals surface area contributed by atoms with E-state index < -0.39 is 0 Å². The van der Waals surface area contributed by atoms with E-state index in [1.165, 1.54) is 7.11 Å². The maximum absolute atomic E-state index is 12.0. The summed E-state index contributed by atoms with van der Waals surface area (Å²) in [6, 6.07) is 3.33. The van der Waals surface area contributed by atoms with Crippen molar-refractivity contribution < 1.29 is 9.84 Å². The van der Waals surface area contributed by atoms with Crippen molar-refractivity contribution >= 4 is 38.5 Å². The molecule has 0 unspecified atom stereocenters. The SMILES string of the molecule is CCCc1nc(-c2cc(Br)c(O)c(OC)c2)[nH]c(=O)c1I. The second-order valence-electron chi connectivity index (χ2n) is 4.43. The summed E-state index contributed by atoms with van der Waals surface area (Å²) in [4.78, 5) is 19.3. The molecule has 0 spiro atoms. The monoisotopic (exact) mass is 464 g/mol. The molecule has 1 aromatic carbocycles. The van der Waals surface area contributed by atoms with E-state index >= 15 is 0 Å². The van der Waals surface area contributed by atoms with Crippen molar-refractivity contribution in [1.29, 1.82) is 0 Å². The summed E-state index contributed by atoms with van der Waals surface area (Å²) in [5.41, 5.74) is 1.29. The first kappa shape index (κ1) is 16.3. The highest BCUT2D eigenvalue weighted by Gasteiger charge is 2.14. The van der Waals surface area contributed by atoms with E-state index in [2.05, 4.69) is 25.9 Å². The van der Waals surface area contributed by atoms with Crippen LogP contribution >= 0.6 is 38.5 Å². The number of phenols is 1. The van der Waals surface area contributed by atoms with E-state index in [0.717, 1.165) is 18.5 Å². The zero-order valence-electron chi connectivity index (χ0n) is 11.5. The van der Waals surface area contributed by atoms with Gasteiger partial charge in [0.15, 0.2) is 11.5 Å². The van der Waals surface area contributed by atoms with Gasteiger partial charge >= 0.3 is 0 Å². The van der Waals surface area contributed by atoms with Crippen LogP contribution in [0.3, 0.4) is 0 Å². The Balaban J connectivity index is 2.62. The molecular weight excluding hydrogens is 451 g/mol. The minimum absolute atomic E-state index is 0.0166. The molecule has 112 valence electrons. The van der Waals surface area contributed by atoms with Crippen molar-refractivity contribution in [3.63, 3.8) is 0 Å². The molecule has 0 radical (unpaired) electrons. The van der Waals surface area contributed by atoms with Crippen molar-refractivity contribution in [2.45, 2.75) is 19.8 Å². The number of aromatic nitrogens is 2. The van der Waals surface area contributed by atoms with Crippen molar-refractivity contribution in [2.24, 2.45) is 0 Å². The van der Waals surface area contributed by atoms with Gasteiger partial charge in [-0.05, 0) is 57.1 Å². The van der Waals surface area contributed by atoms with Gasteiger partial charge in [0.05, 0.1) is 20.8 Å². The summed E-state index contributed by atoms with van der Waals surface area (Å²) in [6.07, 6.45) is 1.65. The van der Waals surface area contributed by atoms with Crippen molar-refractivity contribution in [2.75, 3.05) is 7.11 Å². The molecule has 1 aromatic heterocycles. The predicted octanol–water partition coefficient (Wildman–Crippen LogP) is 3.47. The molecule has 0 amide bonds. The number of aromatic amines is 1. The summed E-state index contributed by atoms with van der Waals surface area (Å²) in [5.74, 6) is 0.795. The predicted molar refractivity (Wildman–Crippen MR) is 92.9 cm³/mol. The van der Waals surface area contributed by atoms with Gasteiger partial charge in [-0.15, -0.1) is 0 Å². The molecule has 2 rings (SSSR count). The van der Waals surface area contributed by atoms with Gasteiger partial charge in [-0.1, -0.05) is 13.3 Å². The Morgan fingerprint density at radius 2 is 2.19 bits per heavy atom. The van der Waals surface area contributed by atoms with Crippen LogP contribution in [0.1, 0.15) is 19.0 Å². The van der Waals surface area contributed by atoms with Gasteiger partial charge in [0, 0.05) is 5.56 Å². The lowest BCUT2D eigenvalue weighted by molar-refractivity contribution is 0.372. The number of methoxy groups -OCH3 is 1. The fourth-order valence-corrected chi connectivity index (χ4v) is 2.88. The number of hydrogen-bond donors (Lipinski definition) is 2. The van der Waals surface area contributed by atoms with Crippen LogP contribution < -0.4 is 10.3 Å². The molecule has 0 atom stereocenters. The standard InChI is InChI=1S/C14H14BrIN2O3/c1-3-4-9-11(16)14(20)18-13(17-9)7-5-8(15)12(19)10(6-7)21-2/h5-6,19H,3-4H2,1-2H3,(H,17,18,20). The van der Waals surface area contributed by atoms with Crippen molar-refractivity contribution in [3.8, 4) is 22.9 Å². The van der Waals surface area contributed by atoms with Crippen molar-refractivity contribution in [3.05, 3.63) is 36.2 Å². The van der Waals surface area contributed by atoms with E-state index in [-0.39, 0.29) is 11.3 Å². The first-order valence-electron chi connectivity index (χ1n) is 6.33. The summed E-state index contributed by atoms with van der Waals surface area (Å²) < 4.78 is 6.21. The summed E-state index contributed by atoms with van der Waals surface area (Å²) in [6.45, 7) is 2.04. The lowest BCUT2D eigenvalue weighted by atomic mass is 10.1. The number of hydrogen-bond acceptors (Lipinski definition) is 4. The van der Waals surface area contributed by atoms with Crippen LogP contribution in [-0.2, 0) is 6.42 Å². The Morgan fingerprint density at radius 3 is 2.81 bits per heavy atom. The van der Waals surface area contributed by atoms with Crippen LogP contribution in [0, 0.1) is 3.57 Å². The Labute approximate surface area is 144 Å². The third-order valence-electron chi connectivity index (χ3n) is 2.94. The average Bonchev–Trinajstić information content (AvgIpc) is 2.46. The van der Waals surface area contributed by atoms with E-state index in [9.17, 15) is 9.90 Å². The highest BCUT2D eigenvalue weighted by Crippen LogP contribution is 2.37. The van der Waals surface area contributed by atoms with Gasteiger partial charge in [-0.25, -0.2) is 4.98 Å². The molecule has 0 aliphatic carbocycles. The van der Waals surface area contributed by atoms with E-state index in [0.29, 0.717) is 25.2 Å². The maximum Gasteiger partial charge on any atom is 0.264 e. The second-order valence-corrected chi connectivity index (χ2v) is 6.37. The first-order chi connectivity index (χ1) is 9.97. The maximum atomic E-state index is 12.0. The number of phenolic OH excluding ortho intramolecular Hbond substituents is 1. The van der Waals surface area contributed by atoms with E-state index in [1.807, 2.05) is 29.5 Å². The minimum Gasteiger partial charge on any atom is -0.503 e. The molecule has 7 heteroatoms. The van der Waals surface area contributed by atoms with Crippen LogP contribution in [0.2, 0.25) is 0 Å². The topological polar surface area (TPSA) is 75.2 Å². The quantitative estimate of drug-likeness (QED) is 0.679. The fourth-order valence-electron chi connectivity index (χ4n) is 1.91. The zero-order valence-corrected chi connectivity index (χ0v) is 15.3. The van der Waals surface area contributed by atoms with Crippen LogP contribution in [0.5, 0.6) is 11.5 Å². The number of H-pyrrole nitrogens is 1. The molecule has 0 aliphatic heterocycles. The molecule has 5 nitrogen and oxygen atoms in total. The highest BCUT2D eigenvalue weighted by molar-refractivity contribution is 14.1. The Bertz CT molecular complexity index is 731. The summed E-state index contributed by atoms with van der Waals surface area (Å²) >= 11 is 5.28. The van der Waals surface area contributed by atoms with Gasteiger partial charge in [0.25, 0.3) is 5.56 Å². The Morgan fingerprint density at radius 1 is 1.48 bits per heavy atom. The molecule has 0 saturated carbocycles. The third-order valence-corrected chi connectivity index (χ3v) is 4.66. The second kappa shape index (κ2) is 6.78. The summed E-state index contributed by atoms with van der Waals surface area (Å²) in [7, 11) is 1.47. The van der Waals surface area contributed by atoms with Crippen LogP contribution in [0.4, 0.5) is 0 Å². The number of ether oxygens (including phenoxy) is 1. The summed E-state index contributed by atoms with van der Waals surface area (Å²) in [5, 5.41) is 9.84. The number of benzene rings is 1. The molecule has 0 aliphatic rings. The van der Waals surface area contributed by atoms with Gasteiger partial charge < -0.3 is 14.8 Å². The molecule has 21 heavy (non-hydrogen) atoms. The normalized spacial score (nSPS) is 10.7. The Hall–Kier alpha value is -1.09. The molecular formula is C14H14BrIN2O3. The van der Waals surface area contributed by atoms with E-state index in [4.69, 9.17) is 4.74 Å². The van der Waals surface area contributed by atoms with Crippen LogP contribution in [0.15, 0.2) is 21.4 Å². The number of nitrogens with zero attached hydrogens (tertiary/aromatic N) is 1. The van der Waals surface area contributed by atoms with Crippen LogP contribution in [-0.4, -0.2) is 22.2 Å². The van der Waals surface area contributed by atoms with Gasteiger partial charge in [0.1, 0.15) is 5.82 Å². The van der Waals surface area contributed by atoms with Gasteiger partial charge in [-0.2, -0.15) is 0 Å². The molecule has 2 N–H and O–H groups in total. The van der Waals surface area contributed by atoms with Gasteiger partial charge in [-0.3, -0.25) is 4.79 Å². The largest absolute Gasteiger partial charge is 0.503 e. The van der Waals surface area contributed by atoms with E-state index in [1.54, 1.807) is 12.1 Å². The average molecular weight is 465 g/mol. The number of aryl methyl sites for hydroxylation is 1. The molecule has 2 aromatic rings. The molecule has 0 saturated heterocycles. The molecule has 0 fully saturated rings. The van der Waals surface area contributed by atoms with Crippen LogP contribution in [0.25, 0.3) is 11.4 Å². The lowest BCUT2D eigenvalue weighted by Gasteiger charge is -2.10. The zero-order chi connectivity index (χ0) is 15.6. The highest BCUT2D eigenvalue weighted by atomic mass is 127. The number of nitrogens with one attached hydrogen (secondary N) is 1. The number of halogens is 2. The Kier molecular flexibility index (Phi) is 5.26. The fraction of sp³-hybridized carbons (Fsp3) is 0.286. The minimum atomic E-state index is -0.160. The smallest absolute Gasteiger partial charge is 0.264 e. The lowest BCUT2D eigenvalue weighted by Crippen LogP contribution is -2.16. The number of rotatable bonds is 4. The third kappa shape index (κ3) is 3.39.